The molecular formula is C11H9BrN4S. The van der Waals surface area contributed by atoms with Crippen LogP contribution < -0.4 is 5.73 Å². The van der Waals surface area contributed by atoms with E-state index in [-0.39, 0.29) is 0 Å². The second kappa shape index (κ2) is 3.82. The van der Waals surface area contributed by atoms with E-state index in [1.807, 2.05) is 23.5 Å². The molecule has 0 bridgehead atoms. The number of aryl methyl sites for hydroxylation is 1. The lowest BCUT2D eigenvalue weighted by molar-refractivity contribution is 1.09. The van der Waals surface area contributed by atoms with Gasteiger partial charge in [0, 0.05) is 16.4 Å². The molecule has 86 valence electrons. The molecule has 0 unspecified atom stereocenters. The maximum atomic E-state index is 6.16. The number of hydrogen-bond acceptors (Lipinski definition) is 4. The molecule has 3 aromatic rings. The molecule has 3 rings (SSSR count). The minimum Gasteiger partial charge on any atom is -0.383 e. The third-order valence-corrected chi connectivity index (χ3v) is 4.28. The van der Waals surface area contributed by atoms with E-state index in [0.717, 1.165) is 26.4 Å². The highest BCUT2D eigenvalue weighted by molar-refractivity contribution is 9.10. The van der Waals surface area contributed by atoms with Gasteiger partial charge in [-0.3, -0.25) is 9.38 Å². The first kappa shape index (κ1) is 10.7. The van der Waals surface area contributed by atoms with Crippen molar-refractivity contribution in [2.75, 3.05) is 5.73 Å². The molecule has 0 amide bonds. The largest absolute Gasteiger partial charge is 0.383 e. The lowest BCUT2D eigenvalue weighted by Crippen LogP contribution is -1.98. The van der Waals surface area contributed by atoms with Crippen LogP contribution in [0.15, 0.2) is 28.3 Å². The van der Waals surface area contributed by atoms with Crippen molar-refractivity contribution in [2.24, 2.45) is 0 Å². The Morgan fingerprint density at radius 2 is 2.24 bits per heavy atom. The Balaban J connectivity index is 2.37. The number of anilines is 1. The predicted molar refractivity (Wildman–Crippen MR) is 73.1 cm³/mol. The maximum Gasteiger partial charge on any atom is 0.139 e. The third-order valence-electron chi connectivity index (χ3n) is 2.66. The Bertz CT molecular complexity index is 687. The summed E-state index contributed by atoms with van der Waals surface area (Å²) in [6.45, 7) is 2.01. The van der Waals surface area contributed by atoms with Crippen molar-refractivity contribution >= 4 is 38.7 Å². The van der Waals surface area contributed by atoms with Crippen LogP contribution in [0.3, 0.4) is 0 Å². The van der Waals surface area contributed by atoms with Gasteiger partial charge in [-0.2, -0.15) is 0 Å². The molecular weight excluding hydrogens is 300 g/mol. The van der Waals surface area contributed by atoms with Crippen LogP contribution in [0.1, 0.15) is 5.69 Å². The fraction of sp³-hybridized carbons (Fsp3) is 0.0909. The number of rotatable bonds is 1. The number of fused-ring (bicyclic) bond motifs is 1. The van der Waals surface area contributed by atoms with Crippen molar-refractivity contribution in [2.45, 2.75) is 6.92 Å². The summed E-state index contributed by atoms with van der Waals surface area (Å²) in [5, 5.41) is 0. The Kier molecular flexibility index (Phi) is 2.41. The zero-order valence-electron chi connectivity index (χ0n) is 9.01. The highest BCUT2D eigenvalue weighted by atomic mass is 79.9. The van der Waals surface area contributed by atoms with E-state index in [4.69, 9.17) is 5.73 Å². The summed E-state index contributed by atoms with van der Waals surface area (Å²) in [6, 6.07) is 3.92. The molecule has 3 aromatic heterocycles. The van der Waals surface area contributed by atoms with Gasteiger partial charge in [0.15, 0.2) is 0 Å². The molecule has 0 aliphatic carbocycles. The van der Waals surface area contributed by atoms with E-state index in [2.05, 4.69) is 25.9 Å². The lowest BCUT2D eigenvalue weighted by atomic mass is 10.3. The van der Waals surface area contributed by atoms with E-state index in [1.54, 1.807) is 11.7 Å². The Morgan fingerprint density at radius 1 is 1.41 bits per heavy atom. The average molecular weight is 309 g/mol. The fourth-order valence-corrected chi connectivity index (χ4v) is 2.73. The van der Waals surface area contributed by atoms with Crippen molar-refractivity contribution in [1.29, 1.82) is 0 Å². The van der Waals surface area contributed by atoms with Crippen LogP contribution in [0.4, 0.5) is 5.82 Å². The molecule has 2 N–H and O–H groups in total. The summed E-state index contributed by atoms with van der Waals surface area (Å²) in [7, 11) is 0. The lowest BCUT2D eigenvalue weighted by Gasteiger charge is -2.03. The molecule has 0 aliphatic rings. The summed E-state index contributed by atoms with van der Waals surface area (Å²) in [4.78, 5) is 9.59. The number of hydrogen-bond donors (Lipinski definition) is 1. The SMILES string of the molecule is Cc1c(Br)ccc2nc(-c3cncs3)c(N)n12. The Morgan fingerprint density at radius 3 is 2.94 bits per heavy atom. The smallest absolute Gasteiger partial charge is 0.139 e. The van der Waals surface area contributed by atoms with Crippen LogP contribution in [0.25, 0.3) is 16.2 Å². The average Bonchev–Trinajstić information content (AvgIpc) is 2.91. The zero-order valence-corrected chi connectivity index (χ0v) is 11.4. The number of nitrogens with zero attached hydrogens (tertiary/aromatic N) is 3. The van der Waals surface area contributed by atoms with Gasteiger partial charge >= 0.3 is 0 Å². The molecule has 3 heterocycles. The van der Waals surface area contributed by atoms with E-state index in [0.29, 0.717) is 5.82 Å². The van der Waals surface area contributed by atoms with Gasteiger partial charge in [0.1, 0.15) is 17.2 Å². The molecule has 0 saturated carbocycles. The topological polar surface area (TPSA) is 56.2 Å². The first-order valence-corrected chi connectivity index (χ1v) is 6.67. The van der Waals surface area contributed by atoms with Gasteiger partial charge in [-0.05, 0) is 35.0 Å². The molecule has 6 heteroatoms. The van der Waals surface area contributed by atoms with Crippen molar-refractivity contribution in [3.05, 3.63) is 34.0 Å². The molecule has 0 aliphatic heterocycles. The molecule has 0 saturated heterocycles. The van der Waals surface area contributed by atoms with E-state index < -0.39 is 0 Å². The van der Waals surface area contributed by atoms with Crippen molar-refractivity contribution in [3.63, 3.8) is 0 Å². The Labute approximate surface area is 110 Å². The summed E-state index contributed by atoms with van der Waals surface area (Å²) >= 11 is 5.03. The van der Waals surface area contributed by atoms with Crippen LogP contribution in [0.2, 0.25) is 0 Å². The highest BCUT2D eigenvalue weighted by Gasteiger charge is 2.14. The van der Waals surface area contributed by atoms with Crippen molar-refractivity contribution in [3.8, 4) is 10.6 Å². The summed E-state index contributed by atoms with van der Waals surface area (Å²) in [5.41, 5.74) is 10.6. The van der Waals surface area contributed by atoms with Crippen LogP contribution >= 0.6 is 27.3 Å². The third kappa shape index (κ3) is 1.56. The van der Waals surface area contributed by atoms with Crippen LogP contribution in [0.5, 0.6) is 0 Å². The minimum absolute atomic E-state index is 0.656. The number of halogens is 1. The van der Waals surface area contributed by atoms with Crippen molar-refractivity contribution in [1.82, 2.24) is 14.4 Å². The van der Waals surface area contributed by atoms with Gasteiger partial charge in [0.05, 0.1) is 10.4 Å². The first-order chi connectivity index (χ1) is 8.18. The normalized spacial score (nSPS) is 11.2. The molecule has 0 spiro atoms. The van der Waals surface area contributed by atoms with Crippen LogP contribution in [-0.2, 0) is 0 Å². The number of aromatic nitrogens is 3. The molecule has 0 atom stereocenters. The molecule has 0 radical (unpaired) electrons. The zero-order chi connectivity index (χ0) is 12.0. The van der Waals surface area contributed by atoms with Crippen molar-refractivity contribution < 1.29 is 0 Å². The molecule has 4 nitrogen and oxygen atoms in total. The summed E-state index contributed by atoms with van der Waals surface area (Å²) in [6.07, 6.45) is 1.78. The van der Waals surface area contributed by atoms with Gasteiger partial charge in [-0.15, -0.1) is 11.3 Å². The Hall–Kier alpha value is -1.40. The molecule has 0 aromatic carbocycles. The number of imidazole rings is 1. The highest BCUT2D eigenvalue weighted by Crippen LogP contribution is 2.31. The monoisotopic (exact) mass is 308 g/mol. The van der Waals surface area contributed by atoms with Gasteiger partial charge in [0.2, 0.25) is 0 Å². The predicted octanol–water partition coefficient (Wildman–Crippen LogP) is 3.11. The van der Waals surface area contributed by atoms with Gasteiger partial charge < -0.3 is 5.73 Å². The summed E-state index contributed by atoms with van der Waals surface area (Å²) in [5.74, 6) is 0.656. The number of nitrogens with two attached hydrogens (primary N) is 1. The standard InChI is InChI=1S/C11H9BrN4S/c1-6-7(12)2-3-9-15-10(11(13)16(6)9)8-4-14-5-17-8/h2-5H,13H2,1H3. The fourth-order valence-electron chi connectivity index (χ4n) is 1.80. The molecule has 17 heavy (non-hydrogen) atoms. The van der Waals surface area contributed by atoms with Gasteiger partial charge in [0.25, 0.3) is 0 Å². The maximum absolute atomic E-state index is 6.16. The van der Waals surface area contributed by atoms with Gasteiger partial charge in [-0.25, -0.2) is 4.98 Å². The minimum atomic E-state index is 0.656. The van der Waals surface area contributed by atoms with E-state index in [9.17, 15) is 0 Å². The summed E-state index contributed by atoms with van der Waals surface area (Å²) < 4.78 is 2.96. The first-order valence-electron chi connectivity index (χ1n) is 5.00. The van der Waals surface area contributed by atoms with Crippen LogP contribution in [-0.4, -0.2) is 14.4 Å². The second-order valence-corrected chi connectivity index (χ2v) is 5.41. The van der Waals surface area contributed by atoms with E-state index in [1.165, 1.54) is 11.3 Å². The van der Waals surface area contributed by atoms with Gasteiger partial charge in [-0.1, -0.05) is 0 Å². The quantitative estimate of drug-likeness (QED) is 0.751. The second-order valence-electron chi connectivity index (χ2n) is 3.67. The number of pyridine rings is 1. The van der Waals surface area contributed by atoms with Crippen LogP contribution in [0, 0.1) is 6.92 Å². The number of thiazole rings is 1. The molecule has 0 fully saturated rings. The van der Waals surface area contributed by atoms with E-state index >= 15 is 0 Å². The number of nitrogen functional groups attached to an aromatic ring is 1.